The number of hydrogen-bond acceptors (Lipinski definition) is 4. The lowest BCUT2D eigenvalue weighted by atomic mass is 10.1. The van der Waals surface area contributed by atoms with E-state index in [2.05, 4.69) is 15.6 Å². The first kappa shape index (κ1) is 23.6. The summed E-state index contributed by atoms with van der Waals surface area (Å²) in [5, 5.41) is 14.5. The van der Waals surface area contributed by atoms with E-state index in [0.717, 1.165) is 11.1 Å². The Labute approximate surface area is 190 Å². The van der Waals surface area contributed by atoms with E-state index in [1.54, 1.807) is 31.2 Å². The molecule has 0 saturated carbocycles. The summed E-state index contributed by atoms with van der Waals surface area (Å²) in [4.78, 5) is 40.5. The van der Waals surface area contributed by atoms with Gasteiger partial charge in [-0.15, -0.1) is 0 Å². The minimum atomic E-state index is -1.02. The Morgan fingerprint density at radius 3 is 2.21 bits per heavy atom. The number of aryl methyl sites for hydroxylation is 2. The van der Waals surface area contributed by atoms with Crippen molar-refractivity contribution in [2.24, 2.45) is 0 Å². The van der Waals surface area contributed by atoms with Crippen LogP contribution in [0.25, 0.3) is 0 Å². The molecule has 0 saturated heterocycles. The fraction of sp³-hybridized carbons (Fsp3) is 0.200. The number of carbonyl (C=O) groups excluding carboxylic acids is 2. The van der Waals surface area contributed by atoms with Crippen LogP contribution in [0.4, 0.5) is 4.39 Å². The van der Waals surface area contributed by atoms with Crippen LogP contribution in [0.3, 0.4) is 0 Å². The van der Waals surface area contributed by atoms with Gasteiger partial charge in [0, 0.05) is 24.8 Å². The Hall–Kier alpha value is -4.07. The fourth-order valence-electron chi connectivity index (χ4n) is 3.23. The van der Waals surface area contributed by atoms with Crippen molar-refractivity contribution >= 4 is 17.8 Å². The summed E-state index contributed by atoms with van der Waals surface area (Å²) in [5.41, 5.74) is 3.29. The van der Waals surface area contributed by atoms with Gasteiger partial charge in [-0.1, -0.05) is 31.2 Å². The molecule has 0 aliphatic rings. The molecule has 0 unspecified atom stereocenters. The third-order valence-electron chi connectivity index (χ3n) is 5.17. The van der Waals surface area contributed by atoms with Gasteiger partial charge in [-0.05, 0) is 59.9 Å². The highest BCUT2D eigenvalue weighted by Crippen LogP contribution is 2.13. The van der Waals surface area contributed by atoms with E-state index in [1.165, 1.54) is 30.5 Å². The number of carboxylic acid groups (broad SMARTS) is 1. The van der Waals surface area contributed by atoms with Crippen LogP contribution in [-0.4, -0.2) is 27.9 Å². The molecule has 170 valence electrons. The second kappa shape index (κ2) is 10.5. The molecule has 0 spiro atoms. The first-order valence-corrected chi connectivity index (χ1v) is 10.4. The summed E-state index contributed by atoms with van der Waals surface area (Å²) in [6.07, 6.45) is 2.07. The summed E-state index contributed by atoms with van der Waals surface area (Å²) in [7, 11) is 0. The molecule has 0 bridgehead atoms. The van der Waals surface area contributed by atoms with Crippen molar-refractivity contribution in [3.8, 4) is 0 Å². The predicted octanol–water partition coefficient (Wildman–Crippen LogP) is 3.65. The molecule has 0 aliphatic carbocycles. The highest BCUT2D eigenvalue weighted by atomic mass is 19.1. The van der Waals surface area contributed by atoms with Gasteiger partial charge in [0.25, 0.3) is 11.8 Å². The van der Waals surface area contributed by atoms with Crippen LogP contribution >= 0.6 is 0 Å². The molecule has 3 rings (SSSR count). The summed E-state index contributed by atoms with van der Waals surface area (Å²) >= 11 is 0. The minimum absolute atomic E-state index is 0.0946. The lowest BCUT2D eigenvalue weighted by molar-refractivity contribution is 0.0696. The monoisotopic (exact) mass is 449 g/mol. The number of carbonyl (C=O) groups is 3. The third kappa shape index (κ3) is 6.00. The first-order valence-electron chi connectivity index (χ1n) is 10.4. The van der Waals surface area contributed by atoms with Crippen molar-refractivity contribution in [3.05, 3.63) is 99.6 Å². The molecule has 0 fully saturated rings. The Balaban J connectivity index is 1.68. The van der Waals surface area contributed by atoms with Gasteiger partial charge >= 0.3 is 5.97 Å². The number of carboxylic acids is 1. The maximum atomic E-state index is 13.4. The molecule has 0 aliphatic heterocycles. The van der Waals surface area contributed by atoms with Gasteiger partial charge in [0.2, 0.25) is 0 Å². The molecule has 8 heteroatoms. The number of hydrogen-bond donors (Lipinski definition) is 3. The molecule has 0 atom stereocenters. The zero-order chi connectivity index (χ0) is 24.0. The van der Waals surface area contributed by atoms with Crippen LogP contribution < -0.4 is 10.6 Å². The molecule has 33 heavy (non-hydrogen) atoms. The Morgan fingerprint density at radius 2 is 1.58 bits per heavy atom. The summed E-state index contributed by atoms with van der Waals surface area (Å²) in [6.45, 7) is 3.95. The Morgan fingerprint density at radius 1 is 0.939 bits per heavy atom. The van der Waals surface area contributed by atoms with E-state index in [0.29, 0.717) is 23.1 Å². The third-order valence-corrected chi connectivity index (χ3v) is 5.17. The molecule has 0 radical (unpaired) electrons. The largest absolute Gasteiger partial charge is 0.478 e. The van der Waals surface area contributed by atoms with E-state index < -0.39 is 11.9 Å². The summed E-state index contributed by atoms with van der Waals surface area (Å²) < 4.78 is 13.4. The van der Waals surface area contributed by atoms with Crippen molar-refractivity contribution in [3.63, 3.8) is 0 Å². The summed E-state index contributed by atoms with van der Waals surface area (Å²) in [6, 6.07) is 12.3. The average Bonchev–Trinajstić information content (AvgIpc) is 2.82. The first-order chi connectivity index (χ1) is 15.8. The van der Waals surface area contributed by atoms with Crippen LogP contribution in [0.5, 0.6) is 0 Å². The van der Waals surface area contributed by atoms with Crippen molar-refractivity contribution in [1.29, 1.82) is 0 Å². The fourth-order valence-corrected chi connectivity index (χ4v) is 3.23. The molecule has 2 aromatic carbocycles. The van der Waals surface area contributed by atoms with Gasteiger partial charge in [-0.25, -0.2) is 9.18 Å². The molecular formula is C25H24FN3O4. The van der Waals surface area contributed by atoms with E-state index in [9.17, 15) is 18.8 Å². The number of nitrogens with one attached hydrogen (secondary N) is 2. The number of halogens is 1. The van der Waals surface area contributed by atoms with Crippen LogP contribution in [0.2, 0.25) is 0 Å². The van der Waals surface area contributed by atoms with Gasteiger partial charge in [0.15, 0.2) is 0 Å². The highest BCUT2D eigenvalue weighted by molar-refractivity contribution is 5.99. The smallest absolute Gasteiger partial charge is 0.335 e. The van der Waals surface area contributed by atoms with Gasteiger partial charge in [0.05, 0.1) is 5.56 Å². The lowest BCUT2D eigenvalue weighted by Gasteiger charge is -2.12. The summed E-state index contributed by atoms with van der Waals surface area (Å²) in [5.74, 6) is -2.13. The zero-order valence-electron chi connectivity index (χ0n) is 18.3. The second-order valence-corrected chi connectivity index (χ2v) is 7.53. The van der Waals surface area contributed by atoms with Crippen LogP contribution in [0.15, 0.2) is 54.7 Å². The van der Waals surface area contributed by atoms with Gasteiger partial charge < -0.3 is 15.7 Å². The number of aromatic nitrogens is 1. The maximum absolute atomic E-state index is 13.4. The van der Waals surface area contributed by atoms with Gasteiger partial charge in [0.1, 0.15) is 11.5 Å². The molecule has 3 N–H and O–H groups in total. The number of amides is 2. The van der Waals surface area contributed by atoms with Crippen molar-refractivity contribution in [1.82, 2.24) is 15.6 Å². The number of rotatable bonds is 8. The van der Waals surface area contributed by atoms with Crippen molar-refractivity contribution in [2.45, 2.75) is 33.4 Å². The van der Waals surface area contributed by atoms with Crippen molar-refractivity contribution in [2.75, 3.05) is 0 Å². The number of pyridine rings is 1. The average molecular weight is 449 g/mol. The lowest BCUT2D eigenvalue weighted by Crippen LogP contribution is -2.27. The Kier molecular flexibility index (Phi) is 7.50. The second-order valence-electron chi connectivity index (χ2n) is 7.53. The van der Waals surface area contributed by atoms with E-state index >= 15 is 0 Å². The normalized spacial score (nSPS) is 10.5. The molecule has 2 amide bonds. The van der Waals surface area contributed by atoms with Crippen molar-refractivity contribution < 1.29 is 23.9 Å². The molecular weight excluding hydrogens is 425 g/mol. The SMILES string of the molecule is CCc1cnc(C(=O)NCc2ccc(C(=O)O)cc2)cc1C(=O)NCc1ccc(F)c(C)c1. The topological polar surface area (TPSA) is 108 Å². The predicted molar refractivity (Wildman–Crippen MR) is 120 cm³/mol. The molecule has 7 nitrogen and oxygen atoms in total. The molecule has 1 heterocycles. The Bertz CT molecular complexity index is 1190. The van der Waals surface area contributed by atoms with Gasteiger partial charge in [-0.3, -0.25) is 14.6 Å². The number of benzene rings is 2. The van der Waals surface area contributed by atoms with Crippen LogP contribution in [0, 0.1) is 12.7 Å². The van der Waals surface area contributed by atoms with E-state index in [1.807, 2.05) is 6.92 Å². The molecule has 1 aromatic heterocycles. The standard InChI is InChI=1S/C25H24FN3O4/c1-3-18-14-27-22(24(31)29-12-16-4-7-19(8-5-16)25(32)33)11-20(18)23(30)28-13-17-6-9-21(26)15(2)10-17/h4-11,14H,3,12-13H2,1-2H3,(H,28,30)(H,29,31)(H,32,33). The minimum Gasteiger partial charge on any atom is -0.478 e. The molecule has 3 aromatic rings. The number of aromatic carboxylic acids is 1. The van der Waals surface area contributed by atoms with Crippen LogP contribution in [0.1, 0.15) is 60.4 Å². The van der Waals surface area contributed by atoms with Gasteiger partial charge in [-0.2, -0.15) is 0 Å². The zero-order valence-corrected chi connectivity index (χ0v) is 18.3. The quantitative estimate of drug-likeness (QED) is 0.487. The van der Waals surface area contributed by atoms with E-state index in [4.69, 9.17) is 5.11 Å². The number of nitrogens with zero attached hydrogens (tertiary/aromatic N) is 1. The van der Waals surface area contributed by atoms with Crippen LogP contribution in [-0.2, 0) is 19.5 Å². The maximum Gasteiger partial charge on any atom is 0.335 e. The highest BCUT2D eigenvalue weighted by Gasteiger charge is 2.16. The van der Waals surface area contributed by atoms with E-state index in [-0.39, 0.29) is 36.1 Å².